The molecule has 126 valence electrons. The summed E-state index contributed by atoms with van der Waals surface area (Å²) in [4.78, 5) is 26.0. The molecule has 0 aliphatic rings. The molecule has 0 saturated carbocycles. The molecule has 2 amide bonds. The molecule has 2 aromatic carbocycles. The number of hydrogen-bond acceptors (Lipinski definition) is 2. The summed E-state index contributed by atoms with van der Waals surface area (Å²) in [7, 11) is 0. The monoisotopic (exact) mass is 328 g/mol. The predicted octanol–water partition coefficient (Wildman–Crippen LogP) is 3.05. The van der Waals surface area contributed by atoms with Crippen molar-refractivity contribution in [1.82, 2.24) is 10.2 Å². The molecule has 1 atom stereocenters. The van der Waals surface area contributed by atoms with Crippen LogP contribution in [-0.4, -0.2) is 23.3 Å². The summed E-state index contributed by atoms with van der Waals surface area (Å²) >= 11 is 0. The van der Waals surface area contributed by atoms with Crippen LogP contribution in [0.3, 0.4) is 0 Å². The standard InChI is InChI=1S/C19H21FN2O2/c1-3-22(14(2)16-9-11-17(20)12-10-16)19(24)18(23)21-13-15-7-5-4-6-8-15/h4-12,14H,3,13H2,1-2H3,(H,21,23)/t14-/m1/s1. The number of carbonyl (C=O) groups excluding carboxylic acids is 2. The van der Waals surface area contributed by atoms with Crippen LogP contribution in [0.1, 0.15) is 31.0 Å². The van der Waals surface area contributed by atoms with E-state index < -0.39 is 11.8 Å². The average Bonchev–Trinajstić information content (AvgIpc) is 2.61. The minimum absolute atomic E-state index is 0.300. The molecule has 4 nitrogen and oxygen atoms in total. The number of rotatable bonds is 5. The quantitative estimate of drug-likeness (QED) is 0.858. The van der Waals surface area contributed by atoms with Crippen molar-refractivity contribution in [2.45, 2.75) is 26.4 Å². The average molecular weight is 328 g/mol. The van der Waals surface area contributed by atoms with Crippen molar-refractivity contribution in [2.24, 2.45) is 0 Å². The van der Waals surface area contributed by atoms with Gasteiger partial charge in [0, 0.05) is 13.1 Å². The molecular weight excluding hydrogens is 307 g/mol. The van der Waals surface area contributed by atoms with Crippen LogP contribution >= 0.6 is 0 Å². The van der Waals surface area contributed by atoms with Crippen molar-refractivity contribution >= 4 is 11.8 Å². The van der Waals surface area contributed by atoms with Crippen molar-refractivity contribution in [2.75, 3.05) is 6.54 Å². The summed E-state index contributed by atoms with van der Waals surface area (Å²) in [5.74, 6) is -1.57. The Kier molecular flexibility index (Phi) is 6.07. The molecule has 24 heavy (non-hydrogen) atoms. The number of carbonyl (C=O) groups is 2. The number of benzene rings is 2. The van der Waals surface area contributed by atoms with Gasteiger partial charge in [-0.2, -0.15) is 0 Å². The molecule has 0 aliphatic carbocycles. The van der Waals surface area contributed by atoms with Gasteiger partial charge in [-0.1, -0.05) is 42.5 Å². The van der Waals surface area contributed by atoms with Crippen LogP contribution < -0.4 is 5.32 Å². The summed E-state index contributed by atoms with van der Waals surface area (Å²) < 4.78 is 13.0. The Morgan fingerprint density at radius 3 is 2.29 bits per heavy atom. The molecule has 0 aliphatic heterocycles. The number of amides is 2. The van der Waals surface area contributed by atoms with E-state index >= 15 is 0 Å². The molecule has 0 spiro atoms. The van der Waals surface area contributed by atoms with Crippen molar-refractivity contribution < 1.29 is 14.0 Å². The van der Waals surface area contributed by atoms with Crippen LogP contribution in [0, 0.1) is 5.82 Å². The molecule has 2 rings (SSSR count). The van der Waals surface area contributed by atoms with E-state index in [1.165, 1.54) is 17.0 Å². The van der Waals surface area contributed by atoms with Gasteiger partial charge in [-0.15, -0.1) is 0 Å². The number of nitrogens with one attached hydrogen (secondary N) is 1. The van der Waals surface area contributed by atoms with E-state index in [4.69, 9.17) is 0 Å². The van der Waals surface area contributed by atoms with Gasteiger partial charge in [0.25, 0.3) is 0 Å². The Hall–Kier alpha value is -2.69. The van der Waals surface area contributed by atoms with Crippen molar-refractivity contribution in [1.29, 1.82) is 0 Å². The van der Waals surface area contributed by atoms with Gasteiger partial charge in [0.2, 0.25) is 0 Å². The van der Waals surface area contributed by atoms with Crippen molar-refractivity contribution in [3.8, 4) is 0 Å². The maximum atomic E-state index is 13.0. The molecule has 0 saturated heterocycles. The molecule has 1 N–H and O–H groups in total. The largest absolute Gasteiger partial charge is 0.344 e. The summed E-state index contributed by atoms with van der Waals surface area (Å²) in [6.07, 6.45) is 0. The van der Waals surface area contributed by atoms with Crippen LogP contribution in [-0.2, 0) is 16.1 Å². The first-order valence-corrected chi connectivity index (χ1v) is 7.91. The first-order chi connectivity index (χ1) is 11.5. The second-order valence-corrected chi connectivity index (χ2v) is 5.49. The van der Waals surface area contributed by atoms with Gasteiger partial charge in [-0.3, -0.25) is 9.59 Å². The van der Waals surface area contributed by atoms with Crippen molar-refractivity contribution in [3.63, 3.8) is 0 Å². The van der Waals surface area contributed by atoms with Crippen LogP contribution in [0.4, 0.5) is 4.39 Å². The molecule has 0 heterocycles. The fraction of sp³-hybridized carbons (Fsp3) is 0.263. The third-order valence-corrected chi connectivity index (χ3v) is 3.91. The van der Waals surface area contributed by atoms with Gasteiger partial charge in [-0.05, 0) is 37.1 Å². The van der Waals surface area contributed by atoms with Crippen LogP contribution in [0.15, 0.2) is 54.6 Å². The van der Waals surface area contributed by atoms with Gasteiger partial charge < -0.3 is 10.2 Å². The lowest BCUT2D eigenvalue weighted by Gasteiger charge is -2.27. The molecule has 0 unspecified atom stereocenters. The lowest BCUT2D eigenvalue weighted by atomic mass is 10.1. The SMILES string of the molecule is CCN(C(=O)C(=O)NCc1ccccc1)[C@H](C)c1ccc(F)cc1. The van der Waals surface area contributed by atoms with E-state index in [-0.39, 0.29) is 11.9 Å². The minimum Gasteiger partial charge on any atom is -0.344 e. The summed E-state index contributed by atoms with van der Waals surface area (Å²) in [6, 6.07) is 15.0. The van der Waals surface area contributed by atoms with Gasteiger partial charge in [0.1, 0.15) is 5.82 Å². The number of hydrogen-bond donors (Lipinski definition) is 1. The minimum atomic E-state index is -0.644. The second-order valence-electron chi connectivity index (χ2n) is 5.49. The maximum Gasteiger partial charge on any atom is 0.312 e. The Bertz CT molecular complexity index is 686. The molecule has 0 aromatic heterocycles. The normalized spacial score (nSPS) is 11.6. The lowest BCUT2D eigenvalue weighted by molar-refractivity contribution is -0.147. The molecule has 0 bridgehead atoms. The van der Waals surface area contributed by atoms with E-state index in [0.29, 0.717) is 13.1 Å². The molecule has 5 heteroatoms. The Morgan fingerprint density at radius 1 is 1.08 bits per heavy atom. The number of nitrogens with zero attached hydrogens (tertiary/aromatic N) is 1. The lowest BCUT2D eigenvalue weighted by Crippen LogP contribution is -2.43. The van der Waals surface area contributed by atoms with Gasteiger partial charge >= 0.3 is 11.8 Å². The number of halogens is 1. The van der Waals surface area contributed by atoms with E-state index in [0.717, 1.165) is 11.1 Å². The molecule has 0 radical (unpaired) electrons. The highest BCUT2D eigenvalue weighted by Gasteiger charge is 2.25. The third kappa shape index (κ3) is 4.41. The third-order valence-electron chi connectivity index (χ3n) is 3.91. The predicted molar refractivity (Wildman–Crippen MR) is 90.5 cm³/mol. The van der Waals surface area contributed by atoms with Crippen LogP contribution in [0.2, 0.25) is 0 Å². The van der Waals surface area contributed by atoms with E-state index in [1.54, 1.807) is 12.1 Å². The topological polar surface area (TPSA) is 49.4 Å². The zero-order valence-corrected chi connectivity index (χ0v) is 13.8. The highest BCUT2D eigenvalue weighted by Crippen LogP contribution is 2.20. The van der Waals surface area contributed by atoms with Crippen LogP contribution in [0.5, 0.6) is 0 Å². The van der Waals surface area contributed by atoms with Gasteiger partial charge in [-0.25, -0.2) is 4.39 Å². The summed E-state index contributed by atoms with van der Waals surface area (Å²) in [5.41, 5.74) is 1.70. The Morgan fingerprint density at radius 2 is 1.71 bits per heavy atom. The Balaban J connectivity index is 2.01. The second kappa shape index (κ2) is 8.24. The fourth-order valence-corrected chi connectivity index (χ4v) is 2.50. The Labute approximate surface area is 141 Å². The molecular formula is C19H21FN2O2. The summed E-state index contributed by atoms with van der Waals surface area (Å²) in [5, 5.41) is 2.64. The number of likely N-dealkylation sites (N-methyl/N-ethyl adjacent to an activating group) is 1. The van der Waals surface area contributed by atoms with E-state index in [1.807, 2.05) is 44.2 Å². The van der Waals surface area contributed by atoms with E-state index in [2.05, 4.69) is 5.32 Å². The fourth-order valence-electron chi connectivity index (χ4n) is 2.50. The molecule has 0 fully saturated rings. The van der Waals surface area contributed by atoms with Gasteiger partial charge in [0.15, 0.2) is 0 Å². The maximum absolute atomic E-state index is 13.0. The van der Waals surface area contributed by atoms with Crippen molar-refractivity contribution in [3.05, 3.63) is 71.5 Å². The zero-order valence-electron chi connectivity index (χ0n) is 13.8. The highest BCUT2D eigenvalue weighted by molar-refractivity contribution is 6.35. The highest BCUT2D eigenvalue weighted by atomic mass is 19.1. The smallest absolute Gasteiger partial charge is 0.312 e. The zero-order chi connectivity index (χ0) is 17.5. The van der Waals surface area contributed by atoms with Crippen LogP contribution in [0.25, 0.3) is 0 Å². The summed E-state index contributed by atoms with van der Waals surface area (Å²) in [6.45, 7) is 4.31. The first kappa shape index (κ1) is 17.7. The van der Waals surface area contributed by atoms with E-state index in [9.17, 15) is 14.0 Å². The van der Waals surface area contributed by atoms with Gasteiger partial charge in [0.05, 0.1) is 6.04 Å². The first-order valence-electron chi connectivity index (χ1n) is 7.91. The molecule has 2 aromatic rings.